The maximum Gasteiger partial charge on any atom is 0.323 e. The van der Waals surface area contributed by atoms with Gasteiger partial charge < -0.3 is 20.1 Å². The number of benzene rings is 1. The van der Waals surface area contributed by atoms with E-state index in [1.807, 2.05) is 24.4 Å². The Bertz CT molecular complexity index is 590. The fourth-order valence-electron chi connectivity index (χ4n) is 2.24. The second kappa shape index (κ2) is 5.75. The van der Waals surface area contributed by atoms with Gasteiger partial charge in [0.15, 0.2) is 0 Å². The predicted octanol–water partition coefficient (Wildman–Crippen LogP) is 1.63. The van der Waals surface area contributed by atoms with Crippen molar-refractivity contribution in [3.63, 3.8) is 0 Å². The Morgan fingerprint density at radius 1 is 1.47 bits per heavy atom. The van der Waals surface area contributed by atoms with E-state index in [1.165, 1.54) is 0 Å². The van der Waals surface area contributed by atoms with Gasteiger partial charge in [0.1, 0.15) is 12.3 Å². The minimum absolute atomic E-state index is 0.0493. The van der Waals surface area contributed by atoms with Gasteiger partial charge in [0.25, 0.3) is 0 Å². The number of aromatic nitrogens is 1. The number of carbonyl (C=O) groups is 1. The third kappa shape index (κ3) is 2.88. The van der Waals surface area contributed by atoms with E-state index in [2.05, 4.69) is 0 Å². The van der Waals surface area contributed by atoms with Crippen molar-refractivity contribution in [2.45, 2.75) is 19.4 Å². The SMILES string of the molecule is COc1ccc2c(CCCN)cn(CC(=O)O)c2c1. The molecule has 0 spiro atoms. The molecule has 0 radical (unpaired) electrons. The van der Waals surface area contributed by atoms with Crippen LogP contribution in [-0.4, -0.2) is 29.3 Å². The number of carboxylic acid groups (broad SMARTS) is 1. The molecule has 5 heteroatoms. The van der Waals surface area contributed by atoms with Crippen LogP contribution in [0.3, 0.4) is 0 Å². The minimum Gasteiger partial charge on any atom is -0.497 e. The van der Waals surface area contributed by atoms with Gasteiger partial charge in [-0.15, -0.1) is 0 Å². The monoisotopic (exact) mass is 262 g/mol. The molecule has 0 saturated heterocycles. The molecule has 0 amide bonds. The number of nitrogens with two attached hydrogens (primary N) is 1. The average Bonchev–Trinajstić information content (AvgIpc) is 2.73. The van der Waals surface area contributed by atoms with Gasteiger partial charge in [-0.05, 0) is 37.1 Å². The zero-order valence-corrected chi connectivity index (χ0v) is 10.9. The third-order valence-electron chi connectivity index (χ3n) is 3.13. The lowest BCUT2D eigenvalue weighted by atomic mass is 10.1. The molecule has 0 saturated carbocycles. The van der Waals surface area contributed by atoms with Crippen molar-refractivity contribution >= 4 is 16.9 Å². The van der Waals surface area contributed by atoms with Gasteiger partial charge in [0.2, 0.25) is 0 Å². The van der Waals surface area contributed by atoms with Crippen LogP contribution in [0, 0.1) is 0 Å². The Balaban J connectivity index is 2.48. The summed E-state index contributed by atoms with van der Waals surface area (Å²) >= 11 is 0. The molecule has 2 rings (SSSR count). The lowest BCUT2D eigenvalue weighted by molar-refractivity contribution is -0.137. The summed E-state index contributed by atoms with van der Waals surface area (Å²) in [5, 5.41) is 10.0. The van der Waals surface area contributed by atoms with E-state index >= 15 is 0 Å². The molecule has 0 unspecified atom stereocenters. The van der Waals surface area contributed by atoms with Crippen molar-refractivity contribution in [3.05, 3.63) is 30.0 Å². The number of rotatable bonds is 6. The fraction of sp³-hybridized carbons (Fsp3) is 0.357. The maximum absolute atomic E-state index is 10.9. The molecule has 5 nitrogen and oxygen atoms in total. The van der Waals surface area contributed by atoms with Gasteiger partial charge in [0, 0.05) is 17.6 Å². The average molecular weight is 262 g/mol. The molecular formula is C14H18N2O3. The van der Waals surface area contributed by atoms with Gasteiger partial charge in [0.05, 0.1) is 12.6 Å². The van der Waals surface area contributed by atoms with Crippen molar-refractivity contribution < 1.29 is 14.6 Å². The molecule has 1 heterocycles. The lowest BCUT2D eigenvalue weighted by Crippen LogP contribution is -2.07. The number of aliphatic carboxylic acids is 1. The van der Waals surface area contributed by atoms with Crippen LogP contribution in [0.25, 0.3) is 10.9 Å². The van der Waals surface area contributed by atoms with Crippen molar-refractivity contribution in [2.75, 3.05) is 13.7 Å². The molecule has 0 aliphatic carbocycles. The van der Waals surface area contributed by atoms with Gasteiger partial charge in [-0.3, -0.25) is 4.79 Å². The van der Waals surface area contributed by atoms with Crippen LogP contribution >= 0.6 is 0 Å². The van der Waals surface area contributed by atoms with Gasteiger partial charge >= 0.3 is 5.97 Å². The lowest BCUT2D eigenvalue weighted by Gasteiger charge is -2.03. The topological polar surface area (TPSA) is 77.5 Å². The summed E-state index contributed by atoms with van der Waals surface area (Å²) < 4.78 is 6.93. The smallest absolute Gasteiger partial charge is 0.323 e. The van der Waals surface area contributed by atoms with E-state index in [0.717, 1.165) is 35.1 Å². The van der Waals surface area contributed by atoms with Gasteiger partial charge in [-0.25, -0.2) is 0 Å². The van der Waals surface area contributed by atoms with E-state index in [4.69, 9.17) is 15.6 Å². The summed E-state index contributed by atoms with van der Waals surface area (Å²) in [6.07, 6.45) is 3.64. The first-order chi connectivity index (χ1) is 9.15. The van der Waals surface area contributed by atoms with Crippen LogP contribution in [-0.2, 0) is 17.8 Å². The Morgan fingerprint density at radius 2 is 2.26 bits per heavy atom. The number of hydrogen-bond acceptors (Lipinski definition) is 3. The molecule has 0 bridgehead atoms. The summed E-state index contributed by atoms with van der Waals surface area (Å²) in [5.41, 5.74) is 7.54. The number of carboxylic acids is 1. The molecule has 19 heavy (non-hydrogen) atoms. The van der Waals surface area contributed by atoms with E-state index < -0.39 is 5.97 Å². The highest BCUT2D eigenvalue weighted by Crippen LogP contribution is 2.26. The van der Waals surface area contributed by atoms with Crippen molar-refractivity contribution in [1.82, 2.24) is 4.57 Å². The molecule has 0 fully saturated rings. The second-order valence-electron chi connectivity index (χ2n) is 4.45. The molecule has 2 aromatic rings. The van der Waals surface area contributed by atoms with E-state index in [0.29, 0.717) is 6.54 Å². The highest BCUT2D eigenvalue weighted by molar-refractivity contribution is 5.86. The molecule has 0 aliphatic heterocycles. The normalized spacial score (nSPS) is 10.8. The number of nitrogens with zero attached hydrogens (tertiary/aromatic N) is 1. The quantitative estimate of drug-likeness (QED) is 0.829. The molecule has 0 atom stereocenters. The summed E-state index contributed by atoms with van der Waals surface area (Å²) in [5.74, 6) is -0.132. The summed E-state index contributed by atoms with van der Waals surface area (Å²) in [6, 6.07) is 5.72. The summed E-state index contributed by atoms with van der Waals surface area (Å²) in [6.45, 7) is 0.577. The van der Waals surface area contributed by atoms with Crippen LogP contribution < -0.4 is 10.5 Å². The minimum atomic E-state index is -0.856. The van der Waals surface area contributed by atoms with Crippen molar-refractivity contribution in [2.24, 2.45) is 5.73 Å². The highest BCUT2D eigenvalue weighted by atomic mass is 16.5. The molecular weight excluding hydrogens is 244 g/mol. The Hall–Kier alpha value is -2.01. The second-order valence-corrected chi connectivity index (χ2v) is 4.45. The first kappa shape index (κ1) is 13.4. The highest BCUT2D eigenvalue weighted by Gasteiger charge is 2.11. The number of methoxy groups -OCH3 is 1. The third-order valence-corrected chi connectivity index (χ3v) is 3.13. The molecule has 0 aliphatic rings. The summed E-state index contributed by atoms with van der Waals surface area (Å²) in [4.78, 5) is 10.9. The molecule has 1 aromatic heterocycles. The van der Waals surface area contributed by atoms with Crippen LogP contribution in [0.1, 0.15) is 12.0 Å². The van der Waals surface area contributed by atoms with Crippen LogP contribution in [0.2, 0.25) is 0 Å². The number of ether oxygens (including phenoxy) is 1. The molecule has 3 N–H and O–H groups in total. The van der Waals surface area contributed by atoms with Crippen molar-refractivity contribution in [1.29, 1.82) is 0 Å². The zero-order valence-electron chi connectivity index (χ0n) is 10.9. The first-order valence-electron chi connectivity index (χ1n) is 6.23. The fourth-order valence-corrected chi connectivity index (χ4v) is 2.24. The van der Waals surface area contributed by atoms with E-state index in [-0.39, 0.29) is 6.54 Å². The Labute approximate surface area is 111 Å². The van der Waals surface area contributed by atoms with Crippen molar-refractivity contribution in [3.8, 4) is 5.75 Å². The van der Waals surface area contributed by atoms with Crippen LogP contribution in [0.4, 0.5) is 0 Å². The molecule has 102 valence electrons. The van der Waals surface area contributed by atoms with Crippen LogP contribution in [0.5, 0.6) is 5.75 Å². The predicted molar refractivity (Wildman–Crippen MR) is 73.5 cm³/mol. The standard InChI is InChI=1S/C14H18N2O3/c1-19-11-4-5-12-10(3-2-6-15)8-16(9-14(17)18)13(12)7-11/h4-5,7-8H,2-3,6,9,15H2,1H3,(H,17,18). The first-order valence-corrected chi connectivity index (χ1v) is 6.23. The number of fused-ring (bicyclic) bond motifs is 1. The number of hydrogen-bond donors (Lipinski definition) is 2. The Morgan fingerprint density at radius 3 is 2.89 bits per heavy atom. The van der Waals surface area contributed by atoms with E-state index in [1.54, 1.807) is 11.7 Å². The van der Waals surface area contributed by atoms with Crippen LogP contribution in [0.15, 0.2) is 24.4 Å². The van der Waals surface area contributed by atoms with Gasteiger partial charge in [-0.1, -0.05) is 0 Å². The van der Waals surface area contributed by atoms with E-state index in [9.17, 15) is 4.79 Å². The zero-order chi connectivity index (χ0) is 13.8. The molecule has 1 aromatic carbocycles. The maximum atomic E-state index is 10.9. The Kier molecular flexibility index (Phi) is 4.06. The largest absolute Gasteiger partial charge is 0.497 e. The summed E-state index contributed by atoms with van der Waals surface area (Å²) in [7, 11) is 1.60. The van der Waals surface area contributed by atoms with Gasteiger partial charge in [-0.2, -0.15) is 0 Å². The number of aryl methyl sites for hydroxylation is 1.